The fourth-order valence-corrected chi connectivity index (χ4v) is 2.39. The van der Waals surface area contributed by atoms with Crippen molar-refractivity contribution in [1.82, 2.24) is 9.97 Å². The number of anilines is 1. The van der Waals surface area contributed by atoms with E-state index in [1.54, 1.807) is 36.5 Å². The minimum Gasteiger partial charge on any atom is -0.326 e. The Hall–Kier alpha value is -2.27. The van der Waals surface area contributed by atoms with Gasteiger partial charge in [-0.2, -0.15) is 0 Å². The molecule has 112 valence electrons. The highest BCUT2D eigenvalue weighted by Crippen LogP contribution is 2.48. The molecule has 0 radical (unpaired) electrons. The molecule has 1 unspecified atom stereocenters. The van der Waals surface area contributed by atoms with Gasteiger partial charge < -0.3 is 5.32 Å². The molecule has 1 aliphatic rings. The van der Waals surface area contributed by atoms with Crippen LogP contribution in [0.5, 0.6) is 0 Å². The molecule has 2 aromatic rings. The number of alkyl halides is 1. The van der Waals surface area contributed by atoms with Gasteiger partial charge in [0.25, 0.3) is 0 Å². The van der Waals surface area contributed by atoms with E-state index in [2.05, 4.69) is 21.9 Å². The third-order valence-electron chi connectivity index (χ3n) is 3.67. The number of benzene rings is 1. The molecule has 1 aliphatic carbocycles. The number of nitrogens with zero attached hydrogens (tertiary/aromatic N) is 2. The lowest BCUT2D eigenvalue weighted by Crippen LogP contribution is -2.18. The normalized spacial score (nSPS) is 22.9. The Morgan fingerprint density at radius 3 is 2.73 bits per heavy atom. The van der Waals surface area contributed by atoms with Crippen LogP contribution in [0.4, 0.5) is 10.1 Å². The Balaban J connectivity index is 1.70. The summed E-state index contributed by atoms with van der Waals surface area (Å²) in [6.45, 7) is 3.41. The number of allylic oxidation sites excluding steroid dienone is 1. The third kappa shape index (κ3) is 2.85. The summed E-state index contributed by atoms with van der Waals surface area (Å²) in [4.78, 5) is 19.8. The number of carbonyl (C=O) groups is 1. The minimum atomic E-state index is -1.55. The van der Waals surface area contributed by atoms with Gasteiger partial charge in [-0.25, -0.2) is 14.4 Å². The van der Waals surface area contributed by atoms with Crippen LogP contribution in [0.1, 0.15) is 6.42 Å². The van der Waals surface area contributed by atoms with E-state index in [-0.39, 0.29) is 17.6 Å². The highest BCUT2D eigenvalue weighted by atomic mass is 35.5. The monoisotopic (exact) mass is 317 g/mol. The molecule has 0 spiro atoms. The summed E-state index contributed by atoms with van der Waals surface area (Å²) in [7, 11) is 0. The highest BCUT2D eigenvalue weighted by molar-refractivity contribution is 6.28. The van der Waals surface area contributed by atoms with Gasteiger partial charge in [0.05, 0.1) is 11.6 Å². The van der Waals surface area contributed by atoms with Crippen molar-refractivity contribution in [3.8, 4) is 11.3 Å². The van der Waals surface area contributed by atoms with Crippen LogP contribution < -0.4 is 5.32 Å². The van der Waals surface area contributed by atoms with Crippen molar-refractivity contribution in [3.63, 3.8) is 0 Å². The zero-order chi connectivity index (χ0) is 15.7. The maximum Gasteiger partial charge on any atom is 0.231 e. The molecule has 3 rings (SSSR count). The Bertz CT molecular complexity index is 734. The van der Waals surface area contributed by atoms with Gasteiger partial charge in [-0.3, -0.25) is 4.79 Å². The summed E-state index contributed by atoms with van der Waals surface area (Å²) in [5.74, 6) is -0.981. The topological polar surface area (TPSA) is 54.9 Å². The molecule has 0 bridgehead atoms. The van der Waals surface area contributed by atoms with E-state index in [4.69, 9.17) is 11.6 Å². The van der Waals surface area contributed by atoms with Gasteiger partial charge >= 0.3 is 0 Å². The molecule has 6 heteroatoms. The summed E-state index contributed by atoms with van der Waals surface area (Å²) in [6.07, 6.45) is 2.96. The van der Waals surface area contributed by atoms with Gasteiger partial charge in [0.1, 0.15) is 5.67 Å². The van der Waals surface area contributed by atoms with Crippen molar-refractivity contribution in [3.05, 3.63) is 54.5 Å². The smallest absolute Gasteiger partial charge is 0.231 e. The third-order valence-corrected chi connectivity index (χ3v) is 3.85. The van der Waals surface area contributed by atoms with Crippen LogP contribution in [-0.2, 0) is 4.79 Å². The minimum absolute atomic E-state index is 0.173. The molecule has 1 heterocycles. The van der Waals surface area contributed by atoms with Crippen molar-refractivity contribution in [2.45, 2.75) is 12.1 Å². The number of aromatic nitrogens is 2. The number of hydrogen-bond acceptors (Lipinski definition) is 3. The first-order chi connectivity index (χ1) is 10.5. The van der Waals surface area contributed by atoms with Gasteiger partial charge in [0.15, 0.2) is 0 Å². The van der Waals surface area contributed by atoms with E-state index in [1.165, 1.54) is 6.08 Å². The molecule has 1 amide bonds. The molecular weight excluding hydrogens is 305 g/mol. The summed E-state index contributed by atoms with van der Waals surface area (Å²) in [5, 5.41) is 2.87. The lowest BCUT2D eigenvalue weighted by atomic mass is 10.1. The number of hydrogen-bond donors (Lipinski definition) is 1. The molecule has 22 heavy (non-hydrogen) atoms. The Morgan fingerprint density at radius 2 is 2.14 bits per heavy atom. The van der Waals surface area contributed by atoms with E-state index in [9.17, 15) is 9.18 Å². The lowest BCUT2D eigenvalue weighted by Gasteiger charge is -2.07. The van der Waals surface area contributed by atoms with Crippen molar-refractivity contribution in [2.75, 3.05) is 5.32 Å². The van der Waals surface area contributed by atoms with Crippen molar-refractivity contribution in [1.29, 1.82) is 0 Å². The maximum absolute atomic E-state index is 13.8. The first kappa shape index (κ1) is 14.7. The summed E-state index contributed by atoms with van der Waals surface area (Å²) in [5.41, 5.74) is 0.586. The van der Waals surface area contributed by atoms with Crippen LogP contribution in [-0.4, -0.2) is 21.5 Å². The Kier molecular flexibility index (Phi) is 3.66. The van der Waals surface area contributed by atoms with E-state index < -0.39 is 11.6 Å². The summed E-state index contributed by atoms with van der Waals surface area (Å²) >= 11 is 5.75. The van der Waals surface area contributed by atoms with E-state index in [0.717, 1.165) is 5.56 Å². The SMILES string of the molecule is C=CC1(F)C[C@H]1C(=O)Nc1ccc(-c2ccnc(Cl)n2)cc1. The van der Waals surface area contributed by atoms with Crippen LogP contribution in [0.25, 0.3) is 11.3 Å². The molecule has 1 aromatic heterocycles. The first-order valence-corrected chi connectivity index (χ1v) is 7.12. The summed E-state index contributed by atoms with van der Waals surface area (Å²) < 4.78 is 13.8. The molecular formula is C16H13ClFN3O. The maximum atomic E-state index is 13.8. The molecule has 1 N–H and O–H groups in total. The highest BCUT2D eigenvalue weighted by Gasteiger charge is 2.57. The van der Waals surface area contributed by atoms with Gasteiger partial charge in [0.2, 0.25) is 11.2 Å². The first-order valence-electron chi connectivity index (χ1n) is 6.74. The predicted octanol–water partition coefficient (Wildman–Crippen LogP) is 3.65. The number of rotatable bonds is 4. The average Bonchev–Trinajstić information content (AvgIpc) is 3.21. The second kappa shape index (κ2) is 5.50. The standard InChI is InChI=1S/C16H13ClFN3O/c1-2-16(18)9-12(16)14(22)20-11-5-3-10(4-6-11)13-7-8-19-15(17)21-13/h2-8,12H,1,9H2,(H,20,22)/t12-,16?/m0/s1. The molecule has 0 saturated heterocycles. The molecule has 2 atom stereocenters. The number of amides is 1. The van der Waals surface area contributed by atoms with E-state index in [1.807, 2.05) is 0 Å². The molecule has 1 saturated carbocycles. The fourth-order valence-electron chi connectivity index (χ4n) is 2.24. The van der Waals surface area contributed by atoms with Crippen LogP contribution in [0.2, 0.25) is 5.28 Å². The van der Waals surface area contributed by atoms with Crippen LogP contribution >= 0.6 is 11.6 Å². The van der Waals surface area contributed by atoms with Gasteiger partial charge in [0, 0.05) is 23.9 Å². The zero-order valence-electron chi connectivity index (χ0n) is 11.6. The number of nitrogens with one attached hydrogen (secondary N) is 1. The molecule has 1 aromatic carbocycles. The van der Waals surface area contributed by atoms with Crippen molar-refractivity contribution >= 4 is 23.2 Å². The largest absolute Gasteiger partial charge is 0.326 e. The van der Waals surface area contributed by atoms with Crippen LogP contribution in [0.15, 0.2) is 49.2 Å². The quantitative estimate of drug-likeness (QED) is 0.691. The van der Waals surface area contributed by atoms with Crippen LogP contribution in [0.3, 0.4) is 0 Å². The second-order valence-corrected chi connectivity index (χ2v) is 5.50. The molecule has 0 aliphatic heterocycles. The summed E-state index contributed by atoms with van der Waals surface area (Å²) in [6, 6.07) is 8.82. The zero-order valence-corrected chi connectivity index (χ0v) is 12.3. The average molecular weight is 318 g/mol. The second-order valence-electron chi connectivity index (χ2n) is 5.17. The van der Waals surface area contributed by atoms with Crippen molar-refractivity contribution < 1.29 is 9.18 Å². The Morgan fingerprint density at radius 1 is 1.41 bits per heavy atom. The van der Waals surface area contributed by atoms with E-state index in [0.29, 0.717) is 11.4 Å². The Labute approximate surface area is 132 Å². The number of carbonyl (C=O) groups excluding carboxylic acids is 1. The van der Waals surface area contributed by atoms with Crippen LogP contribution in [0, 0.1) is 5.92 Å². The molecule has 4 nitrogen and oxygen atoms in total. The van der Waals surface area contributed by atoms with Gasteiger partial charge in [-0.05, 0) is 29.8 Å². The molecule has 1 fully saturated rings. The fraction of sp³-hybridized carbons (Fsp3) is 0.188. The predicted molar refractivity (Wildman–Crippen MR) is 83.3 cm³/mol. The lowest BCUT2D eigenvalue weighted by molar-refractivity contribution is -0.118. The number of halogens is 2. The van der Waals surface area contributed by atoms with Gasteiger partial charge in [-0.1, -0.05) is 24.8 Å². The van der Waals surface area contributed by atoms with Crippen molar-refractivity contribution in [2.24, 2.45) is 5.92 Å². The van der Waals surface area contributed by atoms with Gasteiger partial charge in [-0.15, -0.1) is 0 Å². The van der Waals surface area contributed by atoms with E-state index >= 15 is 0 Å².